The quantitative estimate of drug-likeness (QED) is 0.642. The van der Waals surface area contributed by atoms with Crippen LogP contribution in [0.1, 0.15) is 10.4 Å². The van der Waals surface area contributed by atoms with Crippen LogP contribution in [0.15, 0.2) is 59.5 Å². The van der Waals surface area contributed by atoms with Crippen molar-refractivity contribution in [3.05, 3.63) is 80.7 Å². The molecule has 3 N–H and O–H groups in total. The molecule has 0 saturated carbocycles. The maximum Gasteiger partial charge on any atom is 0.258 e. The first kappa shape index (κ1) is 17.0. The fourth-order valence-corrected chi connectivity index (χ4v) is 2.71. The SMILES string of the molecule is O=C(Nc1ccnc(Nc2cccc(=O)[nH]2)c1)c1c(Cl)cccc1Cl. The molecule has 0 saturated heterocycles. The summed E-state index contributed by atoms with van der Waals surface area (Å²) in [6.07, 6.45) is 1.52. The number of nitrogens with zero attached hydrogens (tertiary/aromatic N) is 1. The predicted molar refractivity (Wildman–Crippen MR) is 99.0 cm³/mol. The largest absolute Gasteiger partial charge is 0.326 e. The van der Waals surface area contributed by atoms with Gasteiger partial charge >= 0.3 is 0 Å². The number of pyridine rings is 2. The Bertz CT molecular complexity index is 968. The van der Waals surface area contributed by atoms with E-state index < -0.39 is 5.91 Å². The average Bonchev–Trinajstić information content (AvgIpc) is 2.55. The second kappa shape index (κ2) is 7.38. The first-order valence-corrected chi connectivity index (χ1v) is 7.96. The van der Waals surface area contributed by atoms with Gasteiger partial charge in [-0.2, -0.15) is 0 Å². The molecule has 0 aliphatic carbocycles. The van der Waals surface area contributed by atoms with E-state index in [2.05, 4.69) is 20.6 Å². The van der Waals surface area contributed by atoms with Crippen LogP contribution in [0, 0.1) is 0 Å². The zero-order chi connectivity index (χ0) is 17.8. The van der Waals surface area contributed by atoms with Gasteiger partial charge in [-0.1, -0.05) is 35.3 Å². The molecule has 0 fully saturated rings. The topological polar surface area (TPSA) is 86.9 Å². The van der Waals surface area contributed by atoms with Gasteiger partial charge in [-0.15, -0.1) is 0 Å². The lowest BCUT2D eigenvalue weighted by atomic mass is 10.2. The van der Waals surface area contributed by atoms with E-state index in [4.69, 9.17) is 23.2 Å². The number of amides is 1. The van der Waals surface area contributed by atoms with Crippen molar-refractivity contribution >= 4 is 46.4 Å². The zero-order valence-electron chi connectivity index (χ0n) is 12.7. The Morgan fingerprint density at radius 1 is 1.04 bits per heavy atom. The van der Waals surface area contributed by atoms with Crippen LogP contribution in [0.5, 0.6) is 0 Å². The van der Waals surface area contributed by atoms with Gasteiger partial charge in [0.15, 0.2) is 0 Å². The first-order chi connectivity index (χ1) is 12.0. The van der Waals surface area contributed by atoms with Crippen molar-refractivity contribution in [2.75, 3.05) is 10.6 Å². The van der Waals surface area contributed by atoms with Crippen LogP contribution in [0.3, 0.4) is 0 Å². The smallest absolute Gasteiger partial charge is 0.258 e. The number of carbonyl (C=O) groups excluding carboxylic acids is 1. The molecule has 3 aromatic rings. The highest BCUT2D eigenvalue weighted by Crippen LogP contribution is 2.25. The number of halogens is 2. The van der Waals surface area contributed by atoms with Gasteiger partial charge in [0, 0.05) is 24.0 Å². The molecular weight excluding hydrogens is 363 g/mol. The summed E-state index contributed by atoms with van der Waals surface area (Å²) in [5.74, 6) is 0.503. The highest BCUT2D eigenvalue weighted by Gasteiger charge is 2.14. The molecule has 8 heteroatoms. The Kier molecular flexibility index (Phi) is 5.02. The van der Waals surface area contributed by atoms with Crippen molar-refractivity contribution in [1.29, 1.82) is 0 Å². The maximum atomic E-state index is 12.4. The third kappa shape index (κ3) is 4.17. The monoisotopic (exact) mass is 374 g/mol. The molecule has 6 nitrogen and oxygen atoms in total. The molecule has 2 aromatic heterocycles. The summed E-state index contributed by atoms with van der Waals surface area (Å²) in [5.41, 5.74) is 0.462. The van der Waals surface area contributed by atoms with Crippen LogP contribution in [-0.2, 0) is 0 Å². The van der Waals surface area contributed by atoms with Crippen molar-refractivity contribution in [3.8, 4) is 0 Å². The van der Waals surface area contributed by atoms with Gasteiger partial charge in [0.25, 0.3) is 5.91 Å². The van der Waals surface area contributed by atoms with E-state index in [1.54, 1.807) is 42.5 Å². The Morgan fingerprint density at radius 2 is 1.76 bits per heavy atom. The summed E-state index contributed by atoms with van der Waals surface area (Å²) in [6, 6.07) is 12.8. The molecule has 3 rings (SSSR count). The van der Waals surface area contributed by atoms with Gasteiger partial charge < -0.3 is 15.6 Å². The molecule has 1 amide bonds. The van der Waals surface area contributed by atoms with E-state index in [1.807, 2.05) is 0 Å². The second-order valence-corrected chi connectivity index (χ2v) is 5.85. The standard InChI is InChI=1S/C17H12Cl2N4O2/c18-11-3-1-4-12(19)16(11)17(25)21-10-7-8-20-14(9-10)22-13-5-2-6-15(24)23-13/h1-9H,(H3,20,21,22,23,24,25). The number of H-pyrrole nitrogens is 1. The Balaban J connectivity index is 1.80. The minimum Gasteiger partial charge on any atom is -0.326 e. The Morgan fingerprint density at radius 3 is 2.48 bits per heavy atom. The van der Waals surface area contributed by atoms with Crippen LogP contribution in [-0.4, -0.2) is 15.9 Å². The van der Waals surface area contributed by atoms with Gasteiger partial charge in [-0.05, 0) is 24.3 Å². The lowest BCUT2D eigenvalue weighted by Crippen LogP contribution is -2.13. The number of carbonyl (C=O) groups is 1. The van der Waals surface area contributed by atoms with E-state index in [9.17, 15) is 9.59 Å². The number of hydrogen-bond donors (Lipinski definition) is 3. The van der Waals surface area contributed by atoms with Crippen LogP contribution in [0.4, 0.5) is 17.3 Å². The Hall–Kier alpha value is -2.83. The van der Waals surface area contributed by atoms with Gasteiger partial charge in [-0.3, -0.25) is 9.59 Å². The summed E-state index contributed by atoms with van der Waals surface area (Å²) < 4.78 is 0. The van der Waals surface area contributed by atoms with Crippen LogP contribution < -0.4 is 16.2 Å². The number of rotatable bonds is 4. The summed E-state index contributed by atoms with van der Waals surface area (Å²) in [6.45, 7) is 0. The average molecular weight is 375 g/mol. The number of hydrogen-bond acceptors (Lipinski definition) is 4. The van der Waals surface area contributed by atoms with Gasteiger partial charge in [0.2, 0.25) is 5.56 Å². The molecule has 126 valence electrons. The minimum absolute atomic E-state index is 0.199. The van der Waals surface area contributed by atoms with Crippen molar-refractivity contribution in [2.24, 2.45) is 0 Å². The molecule has 0 spiro atoms. The van der Waals surface area contributed by atoms with E-state index >= 15 is 0 Å². The summed E-state index contributed by atoms with van der Waals surface area (Å²) >= 11 is 12.1. The van der Waals surface area contributed by atoms with E-state index in [0.717, 1.165) is 0 Å². The third-order valence-electron chi connectivity index (χ3n) is 3.24. The maximum absolute atomic E-state index is 12.4. The Labute approximate surface area is 152 Å². The van der Waals surface area contributed by atoms with Crippen molar-refractivity contribution in [1.82, 2.24) is 9.97 Å². The molecule has 2 heterocycles. The predicted octanol–water partition coefficient (Wildman–Crippen LogP) is 4.07. The molecule has 0 aliphatic rings. The highest BCUT2D eigenvalue weighted by atomic mass is 35.5. The second-order valence-electron chi connectivity index (χ2n) is 5.03. The van der Waals surface area contributed by atoms with Crippen LogP contribution in [0.25, 0.3) is 0 Å². The van der Waals surface area contributed by atoms with Crippen LogP contribution >= 0.6 is 23.2 Å². The molecule has 0 bridgehead atoms. The summed E-state index contributed by atoms with van der Waals surface area (Å²) in [5, 5.41) is 6.19. The summed E-state index contributed by atoms with van der Waals surface area (Å²) in [7, 11) is 0. The molecular formula is C17H12Cl2N4O2. The number of aromatic nitrogens is 2. The fraction of sp³-hybridized carbons (Fsp3) is 0. The molecule has 1 aromatic carbocycles. The van der Waals surface area contributed by atoms with Gasteiger partial charge in [-0.25, -0.2) is 4.98 Å². The number of benzene rings is 1. The van der Waals surface area contributed by atoms with E-state index in [-0.39, 0.29) is 21.2 Å². The molecule has 0 atom stereocenters. The fourth-order valence-electron chi connectivity index (χ4n) is 2.14. The van der Waals surface area contributed by atoms with Gasteiger partial charge in [0.05, 0.1) is 15.6 Å². The lowest BCUT2D eigenvalue weighted by Gasteiger charge is -2.10. The molecule has 0 aliphatic heterocycles. The normalized spacial score (nSPS) is 10.3. The zero-order valence-corrected chi connectivity index (χ0v) is 14.2. The molecule has 0 unspecified atom stereocenters. The van der Waals surface area contributed by atoms with Gasteiger partial charge in [0.1, 0.15) is 11.6 Å². The summed E-state index contributed by atoms with van der Waals surface area (Å²) in [4.78, 5) is 30.5. The highest BCUT2D eigenvalue weighted by molar-refractivity contribution is 6.40. The first-order valence-electron chi connectivity index (χ1n) is 7.21. The number of aromatic amines is 1. The number of anilines is 3. The number of nitrogens with one attached hydrogen (secondary N) is 3. The third-order valence-corrected chi connectivity index (χ3v) is 3.87. The van der Waals surface area contributed by atoms with Crippen molar-refractivity contribution in [3.63, 3.8) is 0 Å². The molecule has 0 radical (unpaired) electrons. The lowest BCUT2D eigenvalue weighted by molar-refractivity contribution is 0.102. The van der Waals surface area contributed by atoms with E-state index in [1.165, 1.54) is 12.3 Å². The van der Waals surface area contributed by atoms with E-state index in [0.29, 0.717) is 17.3 Å². The van der Waals surface area contributed by atoms with Crippen molar-refractivity contribution < 1.29 is 4.79 Å². The molecule has 25 heavy (non-hydrogen) atoms. The minimum atomic E-state index is -0.430. The van der Waals surface area contributed by atoms with Crippen molar-refractivity contribution in [2.45, 2.75) is 0 Å². The van der Waals surface area contributed by atoms with Crippen LogP contribution in [0.2, 0.25) is 10.0 Å².